The van der Waals surface area contributed by atoms with Crippen molar-refractivity contribution in [2.24, 2.45) is 14.1 Å². The Morgan fingerprint density at radius 2 is 1.78 bits per heavy atom. The Morgan fingerprint density at radius 1 is 1.15 bits per heavy atom. The number of hydrogen-bond donors (Lipinski definition) is 1. The fourth-order valence-electron chi connectivity index (χ4n) is 2.51. The van der Waals surface area contributed by atoms with Gasteiger partial charge in [-0.2, -0.15) is 4.80 Å². The minimum absolute atomic E-state index is 0.201. The molecular formula is C16H16BrN7O3. The molecule has 0 aliphatic heterocycles. The smallest absolute Gasteiger partial charge is 0.332 e. The summed E-state index contributed by atoms with van der Waals surface area (Å²) in [5, 5.41) is 12.1. The minimum Gasteiger partial charge on any atom is -0.384 e. The molecule has 1 aromatic carbocycles. The van der Waals surface area contributed by atoms with Gasteiger partial charge in [-0.05, 0) is 36.4 Å². The molecule has 0 saturated carbocycles. The number of carbonyl (C=O) groups excluding carboxylic acids is 1. The fraction of sp³-hybridized carbons (Fsp3) is 0.250. The van der Waals surface area contributed by atoms with E-state index in [0.29, 0.717) is 5.82 Å². The van der Waals surface area contributed by atoms with E-state index in [4.69, 9.17) is 5.73 Å². The summed E-state index contributed by atoms with van der Waals surface area (Å²) in [5.74, 6) is -0.472. The van der Waals surface area contributed by atoms with E-state index >= 15 is 0 Å². The van der Waals surface area contributed by atoms with Crippen molar-refractivity contribution in [1.82, 2.24) is 29.3 Å². The van der Waals surface area contributed by atoms with Gasteiger partial charge in [-0.15, -0.1) is 10.2 Å². The zero-order valence-electron chi connectivity index (χ0n) is 14.8. The number of hydrogen-bond acceptors (Lipinski definition) is 7. The molecule has 0 aliphatic rings. The molecule has 2 heterocycles. The third kappa shape index (κ3) is 3.21. The first-order valence-electron chi connectivity index (χ1n) is 7.87. The van der Waals surface area contributed by atoms with Gasteiger partial charge in [-0.3, -0.25) is 18.7 Å². The predicted molar refractivity (Wildman–Crippen MR) is 101 cm³/mol. The number of halogens is 1. The number of benzene rings is 1. The number of Topliss-reactive ketones (excluding diaryl/α,β-unsaturated/α-hetero) is 1. The normalized spacial score (nSPS) is 12.1. The summed E-state index contributed by atoms with van der Waals surface area (Å²) in [4.78, 5) is 38.2. The Morgan fingerprint density at radius 3 is 2.41 bits per heavy atom. The second-order valence-electron chi connectivity index (χ2n) is 5.95. The van der Waals surface area contributed by atoms with Gasteiger partial charge in [0, 0.05) is 24.1 Å². The molecule has 0 aliphatic carbocycles. The Bertz CT molecular complexity index is 1140. The highest BCUT2D eigenvalue weighted by Gasteiger charge is 2.27. The molecule has 0 spiro atoms. The summed E-state index contributed by atoms with van der Waals surface area (Å²) < 4.78 is 2.78. The van der Waals surface area contributed by atoms with Gasteiger partial charge in [-0.1, -0.05) is 15.9 Å². The first kappa shape index (κ1) is 18.7. The molecule has 0 amide bonds. The van der Waals surface area contributed by atoms with Crippen LogP contribution in [0.25, 0.3) is 11.4 Å². The van der Waals surface area contributed by atoms with E-state index in [1.807, 2.05) is 12.1 Å². The van der Waals surface area contributed by atoms with Gasteiger partial charge in [0.05, 0.1) is 0 Å². The zero-order chi connectivity index (χ0) is 19.9. The maximum atomic E-state index is 12.8. The van der Waals surface area contributed by atoms with Crippen molar-refractivity contribution < 1.29 is 4.79 Å². The lowest BCUT2D eigenvalue weighted by Gasteiger charge is -2.13. The second-order valence-corrected chi connectivity index (χ2v) is 6.86. The molecule has 3 aromatic rings. The monoisotopic (exact) mass is 433 g/mol. The maximum Gasteiger partial charge on any atom is 0.332 e. The van der Waals surface area contributed by atoms with Gasteiger partial charge in [0.15, 0.2) is 5.78 Å². The average Bonchev–Trinajstić information content (AvgIpc) is 3.15. The zero-order valence-corrected chi connectivity index (χ0v) is 16.3. The van der Waals surface area contributed by atoms with Crippen molar-refractivity contribution in [2.45, 2.75) is 13.0 Å². The Hall–Kier alpha value is -3.08. The molecule has 140 valence electrons. The molecule has 1 unspecified atom stereocenters. The first-order chi connectivity index (χ1) is 12.7. The molecule has 10 nitrogen and oxygen atoms in total. The van der Waals surface area contributed by atoms with Crippen LogP contribution in [0, 0.1) is 0 Å². The highest BCUT2D eigenvalue weighted by Crippen LogP contribution is 2.19. The number of carbonyl (C=O) groups is 1. The molecule has 0 fully saturated rings. The van der Waals surface area contributed by atoms with Crippen LogP contribution >= 0.6 is 15.9 Å². The van der Waals surface area contributed by atoms with E-state index in [9.17, 15) is 14.4 Å². The highest BCUT2D eigenvalue weighted by molar-refractivity contribution is 9.10. The molecule has 0 radical (unpaired) electrons. The summed E-state index contributed by atoms with van der Waals surface area (Å²) in [6.45, 7) is 1.53. The van der Waals surface area contributed by atoms with Gasteiger partial charge in [0.25, 0.3) is 5.56 Å². The quantitative estimate of drug-likeness (QED) is 0.593. The molecule has 0 bridgehead atoms. The van der Waals surface area contributed by atoms with Crippen LogP contribution in [0.2, 0.25) is 0 Å². The molecule has 0 saturated heterocycles. The summed E-state index contributed by atoms with van der Waals surface area (Å²) in [7, 11) is 2.67. The van der Waals surface area contributed by atoms with Crippen LogP contribution in [-0.2, 0) is 14.1 Å². The van der Waals surface area contributed by atoms with Gasteiger partial charge in [0.2, 0.25) is 5.82 Å². The Labute approximate surface area is 161 Å². The van der Waals surface area contributed by atoms with E-state index in [2.05, 4.69) is 31.3 Å². The number of nitrogens with two attached hydrogens (primary N) is 1. The lowest BCUT2D eigenvalue weighted by atomic mass is 10.1. The number of aromatic nitrogens is 6. The van der Waals surface area contributed by atoms with Crippen LogP contribution in [0.4, 0.5) is 5.82 Å². The lowest BCUT2D eigenvalue weighted by molar-refractivity contribution is 0.0916. The largest absolute Gasteiger partial charge is 0.384 e. The van der Waals surface area contributed by atoms with Crippen molar-refractivity contribution in [1.29, 1.82) is 0 Å². The topological polar surface area (TPSA) is 131 Å². The van der Waals surface area contributed by atoms with Crippen molar-refractivity contribution in [3.63, 3.8) is 0 Å². The molecule has 11 heteroatoms. The Balaban J connectivity index is 1.99. The van der Waals surface area contributed by atoms with Crippen molar-refractivity contribution >= 4 is 27.5 Å². The summed E-state index contributed by atoms with van der Waals surface area (Å²) in [6, 6.07) is 6.34. The summed E-state index contributed by atoms with van der Waals surface area (Å²) in [5.41, 5.74) is 4.90. The predicted octanol–water partition coefficient (Wildman–Crippen LogP) is 0.526. The number of tetrazole rings is 1. The van der Waals surface area contributed by atoms with Crippen LogP contribution in [0.1, 0.15) is 23.3 Å². The van der Waals surface area contributed by atoms with Crippen LogP contribution in [0.3, 0.4) is 0 Å². The molecule has 1 atom stereocenters. The van der Waals surface area contributed by atoms with E-state index < -0.39 is 23.1 Å². The van der Waals surface area contributed by atoms with Gasteiger partial charge in [-0.25, -0.2) is 4.79 Å². The fourth-order valence-corrected chi connectivity index (χ4v) is 2.77. The highest BCUT2D eigenvalue weighted by atomic mass is 79.9. The van der Waals surface area contributed by atoms with Gasteiger partial charge in [0.1, 0.15) is 17.4 Å². The third-order valence-corrected chi connectivity index (χ3v) is 4.74. The van der Waals surface area contributed by atoms with Crippen molar-refractivity contribution in [3.05, 3.63) is 55.1 Å². The SMILES string of the molecule is CC(C(=O)c1c(N)n(C)c(=O)n(C)c1=O)n1nnc(-c2ccc(Br)cc2)n1. The second kappa shape index (κ2) is 6.91. The summed E-state index contributed by atoms with van der Waals surface area (Å²) >= 11 is 3.35. The van der Waals surface area contributed by atoms with Crippen LogP contribution in [-0.4, -0.2) is 35.1 Å². The van der Waals surface area contributed by atoms with Crippen molar-refractivity contribution in [3.8, 4) is 11.4 Å². The van der Waals surface area contributed by atoms with Crippen LogP contribution in [0.15, 0.2) is 38.3 Å². The molecule has 2 N–H and O–H groups in total. The number of rotatable bonds is 4. The van der Waals surface area contributed by atoms with Crippen LogP contribution in [0.5, 0.6) is 0 Å². The van der Waals surface area contributed by atoms with E-state index in [1.54, 1.807) is 12.1 Å². The Kier molecular flexibility index (Phi) is 4.79. The molecule has 27 heavy (non-hydrogen) atoms. The number of anilines is 1. The van der Waals surface area contributed by atoms with Crippen molar-refractivity contribution in [2.75, 3.05) is 5.73 Å². The third-order valence-electron chi connectivity index (χ3n) is 4.21. The summed E-state index contributed by atoms with van der Waals surface area (Å²) in [6.07, 6.45) is 0. The van der Waals surface area contributed by atoms with Gasteiger partial charge < -0.3 is 5.73 Å². The van der Waals surface area contributed by atoms with E-state index in [-0.39, 0.29) is 11.4 Å². The standard InChI is InChI=1S/C16H16BrN7O3/c1-8(12(25)11-13(18)22(2)16(27)23(3)15(11)26)24-20-14(19-21-24)9-4-6-10(17)7-5-9/h4-8H,18H2,1-3H3. The van der Waals surface area contributed by atoms with E-state index in [1.165, 1.54) is 21.0 Å². The maximum absolute atomic E-state index is 12.8. The number of nitrogens with zero attached hydrogens (tertiary/aromatic N) is 6. The number of nitrogen functional groups attached to an aromatic ring is 1. The first-order valence-corrected chi connectivity index (χ1v) is 8.66. The molecular weight excluding hydrogens is 418 g/mol. The van der Waals surface area contributed by atoms with Gasteiger partial charge >= 0.3 is 5.69 Å². The number of ketones is 1. The van der Waals surface area contributed by atoms with E-state index in [0.717, 1.165) is 24.0 Å². The minimum atomic E-state index is -0.936. The average molecular weight is 434 g/mol. The molecule has 3 rings (SSSR count). The molecule has 2 aromatic heterocycles. The lowest BCUT2D eigenvalue weighted by Crippen LogP contribution is -2.42. The van der Waals surface area contributed by atoms with Crippen LogP contribution < -0.4 is 17.0 Å².